The predicted molar refractivity (Wildman–Crippen MR) is 94.3 cm³/mol. The highest BCUT2D eigenvalue weighted by Crippen LogP contribution is 2.25. The molecule has 0 saturated heterocycles. The summed E-state index contributed by atoms with van der Waals surface area (Å²) in [6.07, 6.45) is 0. The molecule has 23 heavy (non-hydrogen) atoms. The molecule has 0 bridgehead atoms. The van der Waals surface area contributed by atoms with Gasteiger partial charge in [0.15, 0.2) is 5.96 Å². The number of rotatable bonds is 4. The Kier molecular flexibility index (Phi) is 5.71. The summed E-state index contributed by atoms with van der Waals surface area (Å²) >= 11 is 1.67. The van der Waals surface area contributed by atoms with Gasteiger partial charge in [0.05, 0.1) is 17.2 Å². The number of guanidine groups is 1. The molecule has 0 radical (unpaired) electrons. The second-order valence-corrected chi connectivity index (χ2v) is 7.12. The topological polar surface area (TPSA) is 49.3 Å². The van der Waals surface area contributed by atoms with Gasteiger partial charge in [-0.05, 0) is 6.07 Å². The summed E-state index contributed by atoms with van der Waals surface area (Å²) in [5.41, 5.74) is 1.65. The molecule has 0 aliphatic heterocycles. The Morgan fingerprint density at radius 2 is 1.91 bits per heavy atom. The molecule has 4 nitrogen and oxygen atoms in total. The summed E-state index contributed by atoms with van der Waals surface area (Å²) < 4.78 is 13.6. The zero-order valence-electron chi connectivity index (χ0n) is 14.0. The van der Waals surface area contributed by atoms with E-state index in [-0.39, 0.29) is 11.2 Å². The molecule has 0 aliphatic carbocycles. The number of benzene rings is 1. The van der Waals surface area contributed by atoms with Crippen LogP contribution < -0.4 is 10.6 Å². The Balaban J connectivity index is 1.88. The second kappa shape index (κ2) is 7.55. The first-order valence-electron chi connectivity index (χ1n) is 7.53. The molecular weight excluding hydrogens is 311 g/mol. The third-order valence-corrected chi connectivity index (χ3v) is 4.57. The summed E-state index contributed by atoms with van der Waals surface area (Å²) in [4.78, 5) is 8.78. The van der Waals surface area contributed by atoms with Crippen LogP contribution in [0, 0.1) is 5.82 Å². The van der Waals surface area contributed by atoms with Crippen LogP contribution in [0.1, 0.15) is 37.0 Å². The maximum absolute atomic E-state index is 13.6. The molecule has 0 amide bonds. The van der Waals surface area contributed by atoms with E-state index >= 15 is 0 Å². The van der Waals surface area contributed by atoms with E-state index in [1.54, 1.807) is 30.5 Å². The summed E-state index contributed by atoms with van der Waals surface area (Å²) in [6.45, 7) is 7.42. The van der Waals surface area contributed by atoms with Crippen molar-refractivity contribution >= 4 is 17.3 Å². The minimum atomic E-state index is -0.218. The first-order valence-corrected chi connectivity index (χ1v) is 8.41. The maximum atomic E-state index is 13.6. The van der Waals surface area contributed by atoms with Gasteiger partial charge in [-0.15, -0.1) is 11.3 Å². The number of aromatic nitrogens is 1. The smallest absolute Gasteiger partial charge is 0.191 e. The molecule has 124 valence electrons. The molecule has 2 N–H and O–H groups in total. The third kappa shape index (κ3) is 5.03. The van der Waals surface area contributed by atoms with Crippen LogP contribution in [0.25, 0.3) is 0 Å². The zero-order valence-corrected chi connectivity index (χ0v) is 14.8. The number of nitrogens with one attached hydrogen (secondary N) is 2. The molecule has 0 fully saturated rings. The zero-order chi connectivity index (χ0) is 16.9. The highest BCUT2D eigenvalue weighted by atomic mass is 32.1. The van der Waals surface area contributed by atoms with Crippen LogP contribution in [0.15, 0.2) is 34.6 Å². The number of nitrogens with zero attached hydrogens (tertiary/aromatic N) is 2. The molecule has 1 aromatic carbocycles. The Labute approximate surface area is 140 Å². The molecular formula is C17H23FN4S. The molecule has 1 aromatic heterocycles. The van der Waals surface area contributed by atoms with E-state index in [4.69, 9.17) is 0 Å². The molecule has 2 rings (SSSR count). The number of hydrogen-bond acceptors (Lipinski definition) is 3. The average Bonchev–Trinajstić information content (AvgIpc) is 2.98. The lowest BCUT2D eigenvalue weighted by atomic mass is 9.98. The van der Waals surface area contributed by atoms with E-state index in [9.17, 15) is 4.39 Å². The molecule has 2 aromatic rings. The van der Waals surface area contributed by atoms with Crippen LogP contribution >= 0.6 is 11.3 Å². The van der Waals surface area contributed by atoms with Crippen molar-refractivity contribution in [3.63, 3.8) is 0 Å². The highest BCUT2D eigenvalue weighted by Gasteiger charge is 2.17. The summed E-state index contributed by atoms with van der Waals surface area (Å²) in [6, 6.07) is 6.71. The van der Waals surface area contributed by atoms with Crippen molar-refractivity contribution in [1.82, 2.24) is 15.6 Å². The molecule has 6 heteroatoms. The maximum Gasteiger partial charge on any atom is 0.191 e. The van der Waals surface area contributed by atoms with Crippen LogP contribution in [0.4, 0.5) is 4.39 Å². The molecule has 0 saturated carbocycles. The van der Waals surface area contributed by atoms with Crippen LogP contribution in [-0.2, 0) is 18.5 Å². The molecule has 0 spiro atoms. The van der Waals surface area contributed by atoms with Gasteiger partial charge in [0, 0.05) is 30.0 Å². The van der Waals surface area contributed by atoms with Crippen LogP contribution in [0.3, 0.4) is 0 Å². The summed E-state index contributed by atoms with van der Waals surface area (Å²) in [7, 11) is 1.69. The van der Waals surface area contributed by atoms with Crippen molar-refractivity contribution in [2.24, 2.45) is 4.99 Å². The van der Waals surface area contributed by atoms with Crippen molar-refractivity contribution in [3.8, 4) is 0 Å². The van der Waals surface area contributed by atoms with Gasteiger partial charge < -0.3 is 10.6 Å². The fourth-order valence-corrected chi connectivity index (χ4v) is 2.86. The lowest BCUT2D eigenvalue weighted by Crippen LogP contribution is -2.36. The van der Waals surface area contributed by atoms with Crippen molar-refractivity contribution in [1.29, 1.82) is 0 Å². The summed E-state index contributed by atoms with van der Waals surface area (Å²) in [5.74, 6) is 0.406. The fourth-order valence-electron chi connectivity index (χ4n) is 1.95. The Bertz CT molecular complexity index is 673. The Morgan fingerprint density at radius 1 is 1.22 bits per heavy atom. The van der Waals surface area contributed by atoms with E-state index < -0.39 is 0 Å². The van der Waals surface area contributed by atoms with Gasteiger partial charge in [0.25, 0.3) is 0 Å². The minimum Gasteiger partial charge on any atom is -0.352 e. The predicted octanol–water partition coefficient (Wildman–Crippen LogP) is 3.44. The molecule has 0 atom stereocenters. The quantitative estimate of drug-likeness (QED) is 0.665. The first kappa shape index (κ1) is 17.4. The van der Waals surface area contributed by atoms with Crippen LogP contribution in [0.5, 0.6) is 0 Å². The van der Waals surface area contributed by atoms with Crippen molar-refractivity contribution in [3.05, 3.63) is 51.7 Å². The second-order valence-electron chi connectivity index (χ2n) is 6.26. The van der Waals surface area contributed by atoms with E-state index in [0.29, 0.717) is 24.6 Å². The normalized spacial score (nSPS) is 12.3. The third-order valence-electron chi connectivity index (χ3n) is 3.26. The van der Waals surface area contributed by atoms with Gasteiger partial charge in [-0.25, -0.2) is 9.37 Å². The highest BCUT2D eigenvalue weighted by molar-refractivity contribution is 7.09. The summed E-state index contributed by atoms with van der Waals surface area (Å²) in [5, 5.41) is 9.48. The van der Waals surface area contributed by atoms with Crippen molar-refractivity contribution in [2.75, 3.05) is 7.05 Å². The van der Waals surface area contributed by atoms with Gasteiger partial charge in [-0.3, -0.25) is 4.99 Å². The first-order chi connectivity index (χ1) is 10.9. The SMILES string of the molecule is CN=C(NCc1csc(C(C)(C)C)n1)NCc1ccccc1F. The number of hydrogen-bond donors (Lipinski definition) is 2. The van der Waals surface area contributed by atoms with Gasteiger partial charge in [0.2, 0.25) is 0 Å². The van der Waals surface area contributed by atoms with Crippen LogP contribution in [-0.4, -0.2) is 18.0 Å². The lowest BCUT2D eigenvalue weighted by Gasteiger charge is -2.14. The average molecular weight is 334 g/mol. The minimum absolute atomic E-state index is 0.0632. The molecule has 0 unspecified atom stereocenters. The van der Waals surface area contributed by atoms with Gasteiger partial charge in [-0.2, -0.15) is 0 Å². The van der Waals surface area contributed by atoms with Crippen LogP contribution in [0.2, 0.25) is 0 Å². The van der Waals surface area contributed by atoms with Crippen molar-refractivity contribution in [2.45, 2.75) is 39.3 Å². The number of thiazole rings is 1. The van der Waals surface area contributed by atoms with E-state index in [2.05, 4.69) is 46.8 Å². The van der Waals surface area contributed by atoms with Gasteiger partial charge in [0.1, 0.15) is 5.82 Å². The molecule has 0 aliphatic rings. The molecule has 1 heterocycles. The van der Waals surface area contributed by atoms with E-state index in [0.717, 1.165) is 10.7 Å². The standard InChI is InChI=1S/C17H23FN4S/c1-17(2,3)15-22-13(11-23-15)10-21-16(19-4)20-9-12-7-5-6-8-14(12)18/h5-8,11H,9-10H2,1-4H3,(H2,19,20,21). The lowest BCUT2D eigenvalue weighted by molar-refractivity contribution is 0.582. The van der Waals surface area contributed by atoms with Gasteiger partial charge >= 0.3 is 0 Å². The Morgan fingerprint density at radius 3 is 2.52 bits per heavy atom. The monoisotopic (exact) mass is 334 g/mol. The van der Waals surface area contributed by atoms with E-state index in [1.165, 1.54) is 6.07 Å². The number of halogens is 1. The largest absolute Gasteiger partial charge is 0.352 e. The Hall–Kier alpha value is -1.95. The fraction of sp³-hybridized carbons (Fsp3) is 0.412. The van der Waals surface area contributed by atoms with E-state index in [1.807, 2.05) is 6.07 Å². The van der Waals surface area contributed by atoms with Gasteiger partial charge in [-0.1, -0.05) is 39.0 Å². The number of aliphatic imine (C=N–C) groups is 1. The van der Waals surface area contributed by atoms with Crippen molar-refractivity contribution < 1.29 is 4.39 Å².